The molecule has 37 heavy (non-hydrogen) atoms. The van der Waals surface area contributed by atoms with Crippen LogP contribution in [0.5, 0.6) is 0 Å². The highest BCUT2D eigenvalue weighted by Gasteiger charge is 2.54. The maximum atomic E-state index is 14.7. The van der Waals surface area contributed by atoms with Crippen LogP contribution in [-0.2, 0) is 4.79 Å². The summed E-state index contributed by atoms with van der Waals surface area (Å²) in [5.41, 5.74) is 0.499. The Morgan fingerprint density at radius 3 is 2.41 bits per heavy atom. The number of aliphatic hydroxyl groups is 1. The van der Waals surface area contributed by atoms with Gasteiger partial charge in [0.05, 0.1) is 38.3 Å². The lowest BCUT2D eigenvalue weighted by atomic mass is 9.83. The van der Waals surface area contributed by atoms with Gasteiger partial charge in [-0.1, -0.05) is 44.3 Å². The van der Waals surface area contributed by atoms with E-state index in [1.807, 2.05) is 13.8 Å². The van der Waals surface area contributed by atoms with E-state index in [9.17, 15) is 19.1 Å². The van der Waals surface area contributed by atoms with E-state index >= 15 is 0 Å². The summed E-state index contributed by atoms with van der Waals surface area (Å²) in [7, 11) is -1.74. The van der Waals surface area contributed by atoms with E-state index in [4.69, 9.17) is 0 Å². The molecule has 0 bridgehead atoms. The molecule has 7 nitrogen and oxygen atoms in total. The van der Waals surface area contributed by atoms with Crippen LogP contribution in [-0.4, -0.2) is 60.1 Å². The van der Waals surface area contributed by atoms with E-state index in [-0.39, 0.29) is 23.4 Å². The molecule has 0 spiro atoms. The third-order valence-electron chi connectivity index (χ3n) is 8.61. The van der Waals surface area contributed by atoms with Gasteiger partial charge in [0.15, 0.2) is 0 Å². The standard InChI is InChI=1S/C28H41FN4O3Si/c1-26(2,36)15-22(18-11-8-9-12-21(18)29)31-25(35)33-17-19-20(27(33,3)4)16-30-23(19)32-24(34)28(13-10-14-28)37(5,6)7/h8-9,11-12,22,36H,10,13-17H2,1-7H3,(H,31,35)(H,30,32,34)/t22-/m1/s1. The van der Waals surface area contributed by atoms with Crippen molar-refractivity contribution in [3.05, 3.63) is 46.8 Å². The predicted octanol–water partition coefficient (Wildman–Crippen LogP) is 4.92. The molecular formula is C28H41FN4O3Si. The highest BCUT2D eigenvalue weighted by molar-refractivity contribution is 6.82. The van der Waals surface area contributed by atoms with Gasteiger partial charge >= 0.3 is 6.03 Å². The fourth-order valence-electron chi connectivity index (χ4n) is 5.98. The lowest BCUT2D eigenvalue weighted by Gasteiger charge is -2.49. The number of aliphatic imine (C=N–C) groups is 1. The summed E-state index contributed by atoms with van der Waals surface area (Å²) in [5.74, 6) is 0.216. The van der Waals surface area contributed by atoms with Crippen LogP contribution in [0.15, 0.2) is 40.4 Å². The first-order valence-corrected chi connectivity index (χ1v) is 16.7. The number of amidine groups is 1. The summed E-state index contributed by atoms with van der Waals surface area (Å²) in [6, 6.07) is 5.26. The van der Waals surface area contributed by atoms with Gasteiger partial charge in [0.25, 0.3) is 0 Å². The number of amides is 3. The van der Waals surface area contributed by atoms with E-state index in [0.717, 1.165) is 30.4 Å². The fourth-order valence-corrected chi connectivity index (χ4v) is 8.58. The molecule has 0 unspecified atom stereocenters. The number of hydrogen-bond donors (Lipinski definition) is 3. The quantitative estimate of drug-likeness (QED) is 0.458. The molecule has 3 aliphatic rings. The highest BCUT2D eigenvalue weighted by Crippen LogP contribution is 2.55. The lowest BCUT2D eigenvalue weighted by molar-refractivity contribution is -0.125. The monoisotopic (exact) mass is 528 g/mol. The van der Waals surface area contributed by atoms with Crippen LogP contribution >= 0.6 is 0 Å². The van der Waals surface area contributed by atoms with Crippen molar-refractivity contribution < 1.29 is 19.1 Å². The van der Waals surface area contributed by atoms with Crippen molar-refractivity contribution in [3.63, 3.8) is 0 Å². The Morgan fingerprint density at radius 1 is 1.22 bits per heavy atom. The summed E-state index contributed by atoms with van der Waals surface area (Å²) in [4.78, 5) is 33.4. The predicted molar refractivity (Wildman–Crippen MR) is 147 cm³/mol. The average Bonchev–Trinajstić information content (AvgIpc) is 3.23. The Bertz CT molecular complexity index is 1160. The minimum absolute atomic E-state index is 0.0657. The molecular weight excluding hydrogens is 487 g/mol. The maximum absolute atomic E-state index is 14.7. The largest absolute Gasteiger partial charge is 0.390 e. The summed E-state index contributed by atoms with van der Waals surface area (Å²) in [5, 5.41) is 16.3. The second kappa shape index (κ2) is 9.34. The Morgan fingerprint density at radius 2 is 1.86 bits per heavy atom. The maximum Gasteiger partial charge on any atom is 0.318 e. The summed E-state index contributed by atoms with van der Waals surface area (Å²) >= 11 is 0. The first-order valence-electron chi connectivity index (χ1n) is 13.2. The zero-order valence-electron chi connectivity index (χ0n) is 23.2. The van der Waals surface area contributed by atoms with Gasteiger partial charge < -0.3 is 20.6 Å². The van der Waals surface area contributed by atoms with E-state index in [2.05, 4.69) is 35.3 Å². The Labute approximate surface area is 220 Å². The third kappa shape index (κ3) is 5.00. The number of nitrogens with one attached hydrogen (secondary N) is 2. The van der Waals surface area contributed by atoms with Gasteiger partial charge in [0.2, 0.25) is 5.91 Å². The lowest BCUT2D eigenvalue weighted by Crippen LogP contribution is -2.55. The molecule has 3 amide bonds. The minimum Gasteiger partial charge on any atom is -0.390 e. The van der Waals surface area contributed by atoms with Gasteiger partial charge in [-0.05, 0) is 52.2 Å². The molecule has 1 aromatic rings. The molecule has 0 radical (unpaired) electrons. The van der Waals surface area contributed by atoms with Crippen LogP contribution in [0.3, 0.4) is 0 Å². The molecule has 3 N–H and O–H groups in total. The summed E-state index contributed by atoms with van der Waals surface area (Å²) in [6.07, 6.45) is 3.08. The highest BCUT2D eigenvalue weighted by atomic mass is 28.3. The molecule has 1 aromatic carbocycles. The van der Waals surface area contributed by atoms with Crippen molar-refractivity contribution in [2.45, 2.75) is 95.2 Å². The number of carbonyl (C=O) groups excluding carboxylic acids is 2. The number of rotatable bonds is 6. The van der Waals surface area contributed by atoms with Gasteiger partial charge in [-0.15, -0.1) is 0 Å². The normalized spacial score (nSPS) is 21.2. The van der Waals surface area contributed by atoms with Gasteiger partial charge in [-0.3, -0.25) is 9.79 Å². The van der Waals surface area contributed by atoms with Crippen LogP contribution < -0.4 is 10.6 Å². The number of hydrogen-bond acceptors (Lipinski definition) is 4. The topological polar surface area (TPSA) is 94.0 Å². The second-order valence-corrected chi connectivity index (χ2v) is 18.4. The molecule has 1 aliphatic carbocycles. The van der Waals surface area contributed by atoms with Crippen LogP contribution in [0.25, 0.3) is 0 Å². The molecule has 0 saturated heterocycles. The van der Waals surface area contributed by atoms with Crippen molar-refractivity contribution in [1.82, 2.24) is 15.5 Å². The smallest absolute Gasteiger partial charge is 0.318 e. The number of benzene rings is 1. The summed E-state index contributed by atoms with van der Waals surface area (Å²) < 4.78 is 14.7. The van der Waals surface area contributed by atoms with E-state index in [0.29, 0.717) is 24.5 Å². The molecule has 1 atom stereocenters. The molecule has 0 aromatic heterocycles. The van der Waals surface area contributed by atoms with E-state index in [1.54, 1.807) is 36.9 Å². The molecule has 1 fully saturated rings. The fraction of sp³-hybridized carbons (Fsp3) is 0.607. The SMILES string of the molecule is CC(C)(O)C[C@@H](NC(=O)N1CC2=C(CN=C2NC(=O)C2([Si](C)(C)C)CCC2)C1(C)C)c1ccccc1F. The van der Waals surface area contributed by atoms with Crippen molar-refractivity contribution in [2.24, 2.45) is 4.99 Å². The number of nitrogens with zero attached hydrogens (tertiary/aromatic N) is 2. The van der Waals surface area contributed by atoms with Crippen LogP contribution in [0, 0.1) is 5.82 Å². The van der Waals surface area contributed by atoms with Gasteiger partial charge in [-0.2, -0.15) is 0 Å². The number of urea groups is 1. The zero-order chi connectivity index (χ0) is 27.4. The van der Waals surface area contributed by atoms with Crippen LogP contribution in [0.4, 0.5) is 9.18 Å². The minimum atomic E-state index is -1.74. The molecule has 202 valence electrons. The second-order valence-electron chi connectivity index (χ2n) is 12.9. The Kier molecular flexibility index (Phi) is 6.95. The molecule has 2 heterocycles. The van der Waals surface area contributed by atoms with Crippen molar-refractivity contribution in [3.8, 4) is 0 Å². The average molecular weight is 529 g/mol. The Balaban J connectivity index is 1.52. The molecule has 9 heteroatoms. The van der Waals surface area contributed by atoms with E-state index in [1.165, 1.54) is 6.07 Å². The van der Waals surface area contributed by atoms with E-state index < -0.39 is 31.1 Å². The number of carbonyl (C=O) groups is 2. The number of halogens is 1. The Hall–Kier alpha value is -2.52. The zero-order valence-corrected chi connectivity index (χ0v) is 24.2. The van der Waals surface area contributed by atoms with Crippen molar-refractivity contribution in [2.75, 3.05) is 13.1 Å². The molecule has 4 rings (SSSR count). The van der Waals surface area contributed by atoms with Crippen molar-refractivity contribution >= 4 is 25.8 Å². The van der Waals surface area contributed by atoms with Gasteiger partial charge in [0.1, 0.15) is 11.7 Å². The molecule has 2 aliphatic heterocycles. The van der Waals surface area contributed by atoms with Gasteiger partial charge in [-0.25, -0.2) is 9.18 Å². The first kappa shape index (κ1) is 27.5. The molecule has 1 saturated carbocycles. The van der Waals surface area contributed by atoms with Crippen LogP contribution in [0.2, 0.25) is 24.7 Å². The van der Waals surface area contributed by atoms with Crippen molar-refractivity contribution in [1.29, 1.82) is 0 Å². The summed E-state index contributed by atoms with van der Waals surface area (Å²) in [6.45, 7) is 14.7. The van der Waals surface area contributed by atoms with Crippen LogP contribution in [0.1, 0.15) is 65.0 Å². The third-order valence-corrected chi connectivity index (χ3v) is 12.2. The first-order chi connectivity index (χ1) is 17.1. The van der Waals surface area contributed by atoms with Gasteiger partial charge in [0, 0.05) is 22.6 Å².